The maximum absolute atomic E-state index is 9.95. The monoisotopic (exact) mass is 371 g/mol. The highest BCUT2D eigenvalue weighted by molar-refractivity contribution is 5.80. The second-order valence-electron chi connectivity index (χ2n) is 6.79. The summed E-state index contributed by atoms with van der Waals surface area (Å²) in [5, 5.41) is 11.4. The number of aryl methyl sites for hydroxylation is 2. The number of hydrogen-bond donors (Lipinski definition) is 1. The number of ether oxygens (including phenoxy) is 1. The van der Waals surface area contributed by atoms with Crippen molar-refractivity contribution in [3.63, 3.8) is 0 Å². The van der Waals surface area contributed by atoms with Crippen molar-refractivity contribution in [1.29, 1.82) is 0 Å². The molecule has 4 heteroatoms. The lowest BCUT2D eigenvalue weighted by Gasteiger charge is -2.07. The minimum Gasteiger partial charge on any atom is -0.508 e. The molecule has 1 N–H and O–H groups in total. The summed E-state index contributed by atoms with van der Waals surface area (Å²) >= 11 is 0. The summed E-state index contributed by atoms with van der Waals surface area (Å²) in [6.07, 6.45) is 0. The first-order valence-corrected chi connectivity index (χ1v) is 9.07. The van der Waals surface area contributed by atoms with Crippen LogP contribution in [0.5, 0.6) is 11.5 Å². The second kappa shape index (κ2) is 7.24. The van der Waals surface area contributed by atoms with Crippen LogP contribution in [0.4, 0.5) is 5.69 Å². The van der Waals surface area contributed by atoms with E-state index in [1.165, 1.54) is 11.1 Å². The number of phenolic OH excluding ortho intramolecular Hbond substituents is 1. The van der Waals surface area contributed by atoms with E-state index in [0.717, 1.165) is 27.7 Å². The summed E-state index contributed by atoms with van der Waals surface area (Å²) in [4.78, 5) is 4.84. The Balaban J connectivity index is 1.95. The molecule has 4 rings (SSSR count). The summed E-state index contributed by atoms with van der Waals surface area (Å²) in [6, 6.07) is 20.8. The van der Waals surface area contributed by atoms with Crippen molar-refractivity contribution >= 4 is 16.7 Å². The molecule has 4 aromatic rings. The van der Waals surface area contributed by atoms with Gasteiger partial charge in [-0.2, -0.15) is 0 Å². The minimum absolute atomic E-state index is 0.177. The van der Waals surface area contributed by atoms with Gasteiger partial charge in [0.25, 0.3) is 0 Å². The number of methoxy groups -OCH3 is 1. The number of nitrogens with zero attached hydrogens (tertiary/aromatic N) is 1. The Morgan fingerprint density at radius 1 is 0.857 bits per heavy atom. The third-order valence-electron chi connectivity index (χ3n) is 4.84. The van der Waals surface area contributed by atoms with E-state index in [1.807, 2.05) is 36.4 Å². The molecule has 28 heavy (non-hydrogen) atoms. The standard InChI is InChI=1S/C24H21NO3/c1-15-4-7-18(12-16(15)2)25-22-14-24(17-5-9-20(27-3)10-6-17)28-23-11-8-19(26)13-21(22)23/h4-14,26H,1-3H3. The molecule has 0 aliphatic carbocycles. The van der Waals surface area contributed by atoms with Crippen molar-refractivity contribution < 1.29 is 14.3 Å². The number of phenols is 1. The zero-order chi connectivity index (χ0) is 19.7. The highest BCUT2D eigenvalue weighted by Gasteiger charge is 2.08. The van der Waals surface area contributed by atoms with Gasteiger partial charge in [0.15, 0.2) is 0 Å². The molecule has 140 valence electrons. The molecule has 0 unspecified atom stereocenters. The van der Waals surface area contributed by atoms with Gasteiger partial charge < -0.3 is 14.3 Å². The van der Waals surface area contributed by atoms with Gasteiger partial charge in [0.05, 0.1) is 18.2 Å². The Kier molecular flexibility index (Phi) is 4.62. The maximum Gasteiger partial charge on any atom is 0.137 e. The first kappa shape index (κ1) is 17.9. The average molecular weight is 371 g/mol. The normalized spacial score (nSPS) is 11.8. The SMILES string of the molecule is COc1ccc(-c2cc(=Nc3ccc(C)c(C)c3)c3cc(O)ccc3o2)cc1. The fraction of sp³-hybridized carbons (Fsp3) is 0.125. The lowest BCUT2D eigenvalue weighted by atomic mass is 10.1. The Morgan fingerprint density at radius 3 is 2.36 bits per heavy atom. The van der Waals surface area contributed by atoms with Crippen molar-refractivity contribution in [2.24, 2.45) is 4.99 Å². The Bertz CT molecular complexity index is 1220. The van der Waals surface area contributed by atoms with E-state index >= 15 is 0 Å². The van der Waals surface area contributed by atoms with Crippen molar-refractivity contribution in [2.45, 2.75) is 13.8 Å². The van der Waals surface area contributed by atoms with Gasteiger partial charge in [-0.05, 0) is 79.6 Å². The molecule has 0 fully saturated rings. The third-order valence-corrected chi connectivity index (χ3v) is 4.84. The Labute approximate surface area is 163 Å². The summed E-state index contributed by atoms with van der Waals surface area (Å²) < 4.78 is 11.3. The molecule has 1 aromatic heterocycles. The van der Waals surface area contributed by atoms with Gasteiger partial charge in [0.2, 0.25) is 0 Å². The van der Waals surface area contributed by atoms with Crippen molar-refractivity contribution in [3.05, 3.63) is 83.2 Å². The molecule has 1 heterocycles. The predicted molar refractivity (Wildman–Crippen MR) is 111 cm³/mol. The van der Waals surface area contributed by atoms with Gasteiger partial charge in [0.1, 0.15) is 22.8 Å². The first-order chi connectivity index (χ1) is 13.5. The van der Waals surface area contributed by atoms with Crippen molar-refractivity contribution in [2.75, 3.05) is 7.11 Å². The molecule has 0 saturated carbocycles. The summed E-state index contributed by atoms with van der Waals surface area (Å²) in [5.74, 6) is 1.66. The lowest BCUT2D eigenvalue weighted by Crippen LogP contribution is -2.03. The van der Waals surface area contributed by atoms with E-state index < -0.39 is 0 Å². The van der Waals surface area contributed by atoms with Gasteiger partial charge in [-0.15, -0.1) is 0 Å². The number of fused-ring (bicyclic) bond motifs is 1. The van der Waals surface area contributed by atoms with Crippen LogP contribution in [-0.4, -0.2) is 12.2 Å². The van der Waals surface area contributed by atoms with Crippen LogP contribution in [0.1, 0.15) is 11.1 Å². The van der Waals surface area contributed by atoms with E-state index in [2.05, 4.69) is 26.0 Å². The van der Waals surface area contributed by atoms with Crippen LogP contribution in [-0.2, 0) is 0 Å². The molecule has 0 spiro atoms. The smallest absolute Gasteiger partial charge is 0.137 e. The first-order valence-electron chi connectivity index (χ1n) is 9.07. The maximum atomic E-state index is 9.95. The second-order valence-corrected chi connectivity index (χ2v) is 6.79. The highest BCUT2D eigenvalue weighted by atomic mass is 16.5. The molecule has 0 aliphatic rings. The van der Waals surface area contributed by atoms with Gasteiger partial charge >= 0.3 is 0 Å². The van der Waals surface area contributed by atoms with Crippen LogP contribution in [0.15, 0.2) is 76.1 Å². The summed E-state index contributed by atoms with van der Waals surface area (Å²) in [5.41, 5.74) is 4.86. The molecular formula is C24H21NO3. The van der Waals surface area contributed by atoms with Crippen LogP contribution in [0, 0.1) is 13.8 Å². The van der Waals surface area contributed by atoms with Crippen LogP contribution >= 0.6 is 0 Å². The van der Waals surface area contributed by atoms with Gasteiger partial charge in [-0.3, -0.25) is 0 Å². The molecule has 0 atom stereocenters. The molecule has 0 bridgehead atoms. The fourth-order valence-corrected chi connectivity index (χ4v) is 3.08. The molecule has 3 aromatic carbocycles. The molecule has 0 amide bonds. The van der Waals surface area contributed by atoms with E-state index in [0.29, 0.717) is 11.3 Å². The minimum atomic E-state index is 0.177. The fourth-order valence-electron chi connectivity index (χ4n) is 3.08. The zero-order valence-corrected chi connectivity index (χ0v) is 16.1. The number of benzene rings is 3. The number of aromatic hydroxyl groups is 1. The quantitative estimate of drug-likeness (QED) is 0.505. The van der Waals surface area contributed by atoms with E-state index in [-0.39, 0.29) is 5.75 Å². The number of rotatable bonds is 3. The van der Waals surface area contributed by atoms with Crippen LogP contribution in [0.25, 0.3) is 22.3 Å². The molecule has 0 radical (unpaired) electrons. The summed E-state index contributed by atoms with van der Waals surface area (Å²) in [7, 11) is 1.64. The molecular weight excluding hydrogens is 350 g/mol. The third kappa shape index (κ3) is 3.49. The summed E-state index contributed by atoms with van der Waals surface area (Å²) in [6.45, 7) is 4.15. The van der Waals surface area contributed by atoms with E-state index in [4.69, 9.17) is 14.1 Å². The molecule has 4 nitrogen and oxygen atoms in total. The van der Waals surface area contributed by atoms with Gasteiger partial charge in [-0.25, -0.2) is 4.99 Å². The van der Waals surface area contributed by atoms with Crippen molar-refractivity contribution in [3.8, 4) is 22.8 Å². The van der Waals surface area contributed by atoms with Crippen LogP contribution in [0.2, 0.25) is 0 Å². The van der Waals surface area contributed by atoms with Gasteiger partial charge in [0, 0.05) is 17.0 Å². The van der Waals surface area contributed by atoms with Crippen LogP contribution in [0.3, 0.4) is 0 Å². The van der Waals surface area contributed by atoms with Gasteiger partial charge in [-0.1, -0.05) is 6.07 Å². The molecule has 0 aliphatic heterocycles. The predicted octanol–water partition coefficient (Wildman–Crippen LogP) is 5.66. The largest absolute Gasteiger partial charge is 0.508 e. The highest BCUT2D eigenvalue weighted by Crippen LogP contribution is 2.26. The Hall–Kier alpha value is -3.53. The topological polar surface area (TPSA) is 55.0 Å². The van der Waals surface area contributed by atoms with Crippen molar-refractivity contribution in [1.82, 2.24) is 0 Å². The zero-order valence-electron chi connectivity index (χ0n) is 16.1. The lowest BCUT2D eigenvalue weighted by molar-refractivity contribution is 0.415. The van der Waals surface area contributed by atoms with E-state index in [9.17, 15) is 5.11 Å². The van der Waals surface area contributed by atoms with E-state index in [1.54, 1.807) is 25.3 Å². The Morgan fingerprint density at radius 2 is 1.64 bits per heavy atom. The average Bonchev–Trinajstić information content (AvgIpc) is 2.71. The number of hydrogen-bond acceptors (Lipinski definition) is 4. The molecule has 0 saturated heterocycles. The van der Waals surface area contributed by atoms with Crippen LogP contribution < -0.4 is 10.1 Å².